The molecule has 1 heterocycles. The van der Waals surface area contributed by atoms with Crippen LogP contribution in [-0.4, -0.2) is 64.7 Å². The van der Waals surface area contributed by atoms with E-state index in [0.29, 0.717) is 30.7 Å². The summed E-state index contributed by atoms with van der Waals surface area (Å²) in [5.74, 6) is 2.59. The molecule has 8 heteroatoms. The van der Waals surface area contributed by atoms with Crippen molar-refractivity contribution in [2.24, 2.45) is 0 Å². The molecule has 0 fully saturated rings. The molecule has 0 radical (unpaired) electrons. The van der Waals surface area contributed by atoms with Crippen LogP contribution in [0.2, 0.25) is 0 Å². The van der Waals surface area contributed by atoms with Gasteiger partial charge in [0.1, 0.15) is 5.82 Å². The third-order valence-electron chi connectivity index (χ3n) is 3.83. The lowest BCUT2D eigenvalue weighted by Crippen LogP contribution is -2.11. The van der Waals surface area contributed by atoms with Crippen molar-refractivity contribution in [2.45, 2.75) is 12.8 Å². The molecule has 0 bridgehead atoms. The van der Waals surface area contributed by atoms with Crippen molar-refractivity contribution in [3.63, 3.8) is 0 Å². The Labute approximate surface area is 154 Å². The number of methoxy groups -OCH3 is 4. The highest BCUT2D eigenvalue weighted by molar-refractivity contribution is 5.92. The average Bonchev–Trinajstić information content (AvgIpc) is 2.67. The highest BCUT2D eigenvalue weighted by Crippen LogP contribution is 2.34. The summed E-state index contributed by atoms with van der Waals surface area (Å²) in [6, 6.07) is 3.75. The highest BCUT2D eigenvalue weighted by atomic mass is 16.5. The lowest BCUT2D eigenvalue weighted by molar-refractivity contribution is 0.197. The van der Waals surface area contributed by atoms with Gasteiger partial charge in [-0.1, -0.05) is 0 Å². The van der Waals surface area contributed by atoms with E-state index in [1.54, 1.807) is 28.4 Å². The zero-order valence-electron chi connectivity index (χ0n) is 15.9. The average molecular weight is 364 g/mol. The van der Waals surface area contributed by atoms with Crippen molar-refractivity contribution in [3.8, 4) is 11.5 Å². The molecule has 0 atom stereocenters. The van der Waals surface area contributed by atoms with Gasteiger partial charge >= 0.3 is 0 Å². The predicted molar refractivity (Wildman–Crippen MR) is 103 cm³/mol. The summed E-state index contributed by atoms with van der Waals surface area (Å²) in [4.78, 5) is 9.21. The highest BCUT2D eigenvalue weighted by Gasteiger charge is 2.13. The monoisotopic (exact) mass is 364 g/mol. The number of benzene rings is 1. The van der Waals surface area contributed by atoms with E-state index in [2.05, 4.69) is 20.6 Å². The van der Waals surface area contributed by atoms with Gasteiger partial charge < -0.3 is 29.6 Å². The quantitative estimate of drug-likeness (QED) is 0.556. The number of anilines is 2. The molecule has 0 aliphatic carbocycles. The molecule has 0 saturated heterocycles. The van der Waals surface area contributed by atoms with E-state index in [-0.39, 0.29) is 0 Å². The maximum absolute atomic E-state index is 5.41. The van der Waals surface area contributed by atoms with Crippen molar-refractivity contribution in [1.82, 2.24) is 9.97 Å². The Bertz CT molecular complexity index is 696. The standard InChI is InChI=1S/C18H28N4O4/c1-23-9-5-7-19-17-13-11-15(25-3)16(26-4)12-14(13)21-18(22-17)20-8-6-10-24-2/h11-12H,5-10H2,1-4H3,(H2,19,20,21,22). The molecule has 144 valence electrons. The summed E-state index contributed by atoms with van der Waals surface area (Å²) in [6.07, 6.45) is 1.76. The summed E-state index contributed by atoms with van der Waals surface area (Å²) >= 11 is 0. The number of nitrogens with one attached hydrogen (secondary N) is 2. The minimum atomic E-state index is 0.565. The van der Waals surface area contributed by atoms with Gasteiger partial charge in [-0.25, -0.2) is 4.98 Å². The first-order valence-corrected chi connectivity index (χ1v) is 8.62. The van der Waals surface area contributed by atoms with Gasteiger partial charge in [-0.3, -0.25) is 0 Å². The van der Waals surface area contributed by atoms with Gasteiger partial charge in [0.15, 0.2) is 11.5 Å². The predicted octanol–water partition coefficient (Wildman–Crippen LogP) is 2.54. The van der Waals surface area contributed by atoms with Crippen LogP contribution in [0.5, 0.6) is 11.5 Å². The molecule has 1 aromatic heterocycles. The Morgan fingerprint density at radius 3 is 2.04 bits per heavy atom. The van der Waals surface area contributed by atoms with E-state index in [4.69, 9.17) is 18.9 Å². The zero-order valence-corrected chi connectivity index (χ0v) is 15.9. The Balaban J connectivity index is 2.31. The second kappa shape index (κ2) is 10.6. The van der Waals surface area contributed by atoms with Gasteiger partial charge in [0.25, 0.3) is 0 Å². The smallest absolute Gasteiger partial charge is 0.225 e. The van der Waals surface area contributed by atoms with Crippen LogP contribution in [-0.2, 0) is 9.47 Å². The number of fused-ring (bicyclic) bond motifs is 1. The van der Waals surface area contributed by atoms with Gasteiger partial charge in [0, 0.05) is 52.0 Å². The summed E-state index contributed by atoms with van der Waals surface area (Å²) in [7, 11) is 6.61. The Morgan fingerprint density at radius 1 is 0.808 bits per heavy atom. The zero-order chi connectivity index (χ0) is 18.8. The Kier molecular flexibility index (Phi) is 8.17. The van der Waals surface area contributed by atoms with Crippen LogP contribution in [0.15, 0.2) is 12.1 Å². The molecule has 26 heavy (non-hydrogen) atoms. The second-order valence-corrected chi connectivity index (χ2v) is 5.67. The van der Waals surface area contributed by atoms with Crippen molar-refractivity contribution in [2.75, 3.05) is 65.4 Å². The van der Waals surface area contributed by atoms with Gasteiger partial charge in [-0.05, 0) is 18.9 Å². The molecular weight excluding hydrogens is 336 g/mol. The summed E-state index contributed by atoms with van der Waals surface area (Å²) in [5.41, 5.74) is 0.779. The largest absolute Gasteiger partial charge is 0.493 e. The maximum Gasteiger partial charge on any atom is 0.225 e. The fourth-order valence-corrected chi connectivity index (χ4v) is 2.51. The van der Waals surface area contributed by atoms with Crippen LogP contribution in [0, 0.1) is 0 Å². The topological polar surface area (TPSA) is 86.8 Å². The second-order valence-electron chi connectivity index (χ2n) is 5.67. The molecule has 8 nitrogen and oxygen atoms in total. The summed E-state index contributed by atoms with van der Waals surface area (Å²) in [5, 5.41) is 7.48. The molecule has 0 saturated carbocycles. The SMILES string of the molecule is COCCCNc1nc(NCCCOC)c2cc(OC)c(OC)cc2n1. The summed E-state index contributed by atoms with van der Waals surface area (Å²) in [6.45, 7) is 2.86. The lowest BCUT2D eigenvalue weighted by Gasteiger charge is -2.14. The molecule has 0 spiro atoms. The van der Waals surface area contributed by atoms with E-state index in [1.807, 2.05) is 12.1 Å². The number of ether oxygens (including phenoxy) is 4. The van der Waals surface area contributed by atoms with Crippen LogP contribution >= 0.6 is 0 Å². The van der Waals surface area contributed by atoms with Gasteiger partial charge in [-0.2, -0.15) is 4.98 Å². The lowest BCUT2D eigenvalue weighted by atomic mass is 10.2. The Morgan fingerprint density at radius 2 is 1.42 bits per heavy atom. The third kappa shape index (κ3) is 5.34. The molecule has 2 N–H and O–H groups in total. The van der Waals surface area contributed by atoms with E-state index < -0.39 is 0 Å². The number of hydrogen-bond donors (Lipinski definition) is 2. The fourth-order valence-electron chi connectivity index (χ4n) is 2.51. The van der Waals surface area contributed by atoms with E-state index in [9.17, 15) is 0 Å². The maximum atomic E-state index is 5.41. The molecule has 0 aliphatic heterocycles. The van der Waals surface area contributed by atoms with Crippen LogP contribution in [0.3, 0.4) is 0 Å². The molecule has 0 unspecified atom stereocenters. The van der Waals surface area contributed by atoms with E-state index in [1.165, 1.54) is 0 Å². The van der Waals surface area contributed by atoms with Gasteiger partial charge in [0.2, 0.25) is 5.95 Å². The van der Waals surface area contributed by atoms with Crippen LogP contribution < -0.4 is 20.1 Å². The molecule has 2 rings (SSSR count). The summed E-state index contributed by atoms with van der Waals surface area (Å²) < 4.78 is 21.0. The molecule has 0 amide bonds. The van der Waals surface area contributed by atoms with Crippen molar-refractivity contribution in [3.05, 3.63) is 12.1 Å². The molecular formula is C18H28N4O4. The third-order valence-corrected chi connectivity index (χ3v) is 3.83. The Hall–Kier alpha value is -2.32. The van der Waals surface area contributed by atoms with Gasteiger partial charge in [-0.15, -0.1) is 0 Å². The molecule has 2 aromatic rings. The number of hydrogen-bond acceptors (Lipinski definition) is 8. The normalized spacial score (nSPS) is 10.8. The minimum absolute atomic E-state index is 0.565. The number of rotatable bonds is 12. The van der Waals surface area contributed by atoms with Crippen LogP contribution in [0.4, 0.5) is 11.8 Å². The number of nitrogens with zero attached hydrogens (tertiary/aromatic N) is 2. The first kappa shape index (κ1) is 20.0. The minimum Gasteiger partial charge on any atom is -0.493 e. The van der Waals surface area contributed by atoms with Crippen molar-refractivity contribution in [1.29, 1.82) is 0 Å². The van der Waals surface area contributed by atoms with Crippen LogP contribution in [0.25, 0.3) is 10.9 Å². The fraction of sp³-hybridized carbons (Fsp3) is 0.556. The van der Waals surface area contributed by atoms with Crippen molar-refractivity contribution < 1.29 is 18.9 Å². The molecule has 1 aromatic carbocycles. The van der Waals surface area contributed by atoms with Crippen LogP contribution in [0.1, 0.15) is 12.8 Å². The molecule has 0 aliphatic rings. The van der Waals surface area contributed by atoms with Crippen molar-refractivity contribution >= 4 is 22.7 Å². The van der Waals surface area contributed by atoms with E-state index >= 15 is 0 Å². The first-order chi connectivity index (χ1) is 12.7. The number of aromatic nitrogens is 2. The van der Waals surface area contributed by atoms with E-state index in [0.717, 1.165) is 42.7 Å². The first-order valence-electron chi connectivity index (χ1n) is 8.62. The van der Waals surface area contributed by atoms with Gasteiger partial charge in [0.05, 0.1) is 19.7 Å².